The van der Waals surface area contributed by atoms with Gasteiger partial charge in [0.1, 0.15) is 6.33 Å². The maximum absolute atomic E-state index is 4.46. The summed E-state index contributed by atoms with van der Waals surface area (Å²) in [6, 6.07) is 17.7. The first-order chi connectivity index (χ1) is 11.2. The Bertz CT molecular complexity index is 822. The molecule has 0 amide bonds. The number of aromatic nitrogens is 3. The van der Waals surface area contributed by atoms with Crippen molar-refractivity contribution in [1.29, 1.82) is 0 Å². The first-order valence-electron chi connectivity index (χ1n) is 8.00. The number of benzene rings is 2. The summed E-state index contributed by atoms with van der Waals surface area (Å²) < 4.78 is 2.02. The van der Waals surface area contributed by atoms with E-state index in [9.17, 15) is 0 Å². The van der Waals surface area contributed by atoms with Crippen LogP contribution >= 0.6 is 0 Å². The van der Waals surface area contributed by atoms with E-state index in [2.05, 4.69) is 77.8 Å². The van der Waals surface area contributed by atoms with Gasteiger partial charge in [0.05, 0.1) is 12.1 Å². The highest BCUT2D eigenvalue weighted by Gasteiger charge is 2.30. The molecule has 23 heavy (non-hydrogen) atoms. The zero-order valence-electron chi connectivity index (χ0n) is 13.4. The maximum atomic E-state index is 4.46. The van der Waals surface area contributed by atoms with Crippen LogP contribution in [0.2, 0.25) is 0 Å². The van der Waals surface area contributed by atoms with E-state index in [-0.39, 0.29) is 12.1 Å². The van der Waals surface area contributed by atoms with Crippen LogP contribution in [0, 0.1) is 13.8 Å². The minimum atomic E-state index is 0.207. The molecule has 0 aliphatic carbocycles. The van der Waals surface area contributed by atoms with Gasteiger partial charge >= 0.3 is 0 Å². The second kappa shape index (κ2) is 5.54. The van der Waals surface area contributed by atoms with Crippen molar-refractivity contribution in [3.05, 3.63) is 77.1 Å². The van der Waals surface area contributed by atoms with E-state index in [0.29, 0.717) is 0 Å². The smallest absolute Gasteiger partial charge is 0.222 e. The summed E-state index contributed by atoms with van der Waals surface area (Å²) in [4.78, 5) is 4.40. The Morgan fingerprint density at radius 2 is 1.91 bits per heavy atom. The van der Waals surface area contributed by atoms with Gasteiger partial charge in [-0.05, 0) is 37.0 Å². The molecule has 1 aliphatic rings. The van der Waals surface area contributed by atoms with Crippen molar-refractivity contribution in [1.82, 2.24) is 14.8 Å². The van der Waals surface area contributed by atoms with Crippen LogP contribution in [0.5, 0.6) is 0 Å². The van der Waals surface area contributed by atoms with Crippen molar-refractivity contribution in [3.8, 4) is 0 Å². The van der Waals surface area contributed by atoms with Gasteiger partial charge in [-0.25, -0.2) is 4.68 Å². The molecule has 0 fully saturated rings. The van der Waals surface area contributed by atoms with Crippen LogP contribution in [-0.2, 0) is 0 Å². The van der Waals surface area contributed by atoms with E-state index in [4.69, 9.17) is 0 Å². The molecule has 0 saturated carbocycles. The fraction of sp³-hybridized carbons (Fsp3) is 0.263. The monoisotopic (exact) mass is 304 g/mol. The highest BCUT2D eigenvalue weighted by Crippen LogP contribution is 2.38. The third-order valence-electron chi connectivity index (χ3n) is 4.63. The van der Waals surface area contributed by atoms with E-state index in [1.807, 2.05) is 4.68 Å². The first-order valence-corrected chi connectivity index (χ1v) is 8.00. The third-order valence-corrected chi connectivity index (χ3v) is 4.63. The van der Waals surface area contributed by atoms with Gasteiger partial charge in [0, 0.05) is 0 Å². The van der Waals surface area contributed by atoms with Crippen molar-refractivity contribution in [2.75, 3.05) is 5.32 Å². The Morgan fingerprint density at radius 3 is 2.74 bits per heavy atom. The Kier molecular flexibility index (Phi) is 3.37. The largest absolute Gasteiger partial charge is 0.348 e. The number of nitrogens with one attached hydrogen (secondary N) is 1. The van der Waals surface area contributed by atoms with Crippen LogP contribution < -0.4 is 5.32 Å². The standard InChI is InChI=1S/C19H20N4/c1-13-8-9-14(2)16(10-13)18-11-17(15-6-4-3-5-7-15)22-19-20-12-21-23(18)19/h3-10,12,17-18H,11H2,1-2H3,(H,20,21,22)/t17-,18-/m0/s1. The average Bonchev–Trinajstić information content (AvgIpc) is 3.05. The Labute approximate surface area is 136 Å². The summed E-state index contributed by atoms with van der Waals surface area (Å²) in [7, 11) is 0. The van der Waals surface area contributed by atoms with Crippen LogP contribution in [0.15, 0.2) is 54.9 Å². The lowest BCUT2D eigenvalue weighted by atomic mass is 9.90. The lowest BCUT2D eigenvalue weighted by Gasteiger charge is -2.32. The van der Waals surface area contributed by atoms with Gasteiger partial charge in [-0.3, -0.25) is 0 Å². The minimum Gasteiger partial charge on any atom is -0.348 e. The lowest BCUT2D eigenvalue weighted by Crippen LogP contribution is -2.28. The molecule has 1 N–H and O–H groups in total. The Morgan fingerprint density at radius 1 is 1.09 bits per heavy atom. The first kappa shape index (κ1) is 14.0. The topological polar surface area (TPSA) is 42.7 Å². The average molecular weight is 304 g/mol. The molecule has 2 atom stereocenters. The molecular weight excluding hydrogens is 284 g/mol. The molecule has 4 nitrogen and oxygen atoms in total. The number of nitrogens with zero attached hydrogens (tertiary/aromatic N) is 3. The van der Waals surface area contributed by atoms with Crippen molar-refractivity contribution < 1.29 is 0 Å². The van der Waals surface area contributed by atoms with Gasteiger partial charge in [-0.15, -0.1) is 0 Å². The van der Waals surface area contributed by atoms with E-state index >= 15 is 0 Å². The van der Waals surface area contributed by atoms with Gasteiger partial charge in [0.15, 0.2) is 0 Å². The van der Waals surface area contributed by atoms with Crippen LogP contribution in [0.1, 0.15) is 40.8 Å². The van der Waals surface area contributed by atoms with Crippen molar-refractivity contribution >= 4 is 5.95 Å². The summed E-state index contributed by atoms with van der Waals surface area (Å²) >= 11 is 0. The number of fused-ring (bicyclic) bond motifs is 1. The quantitative estimate of drug-likeness (QED) is 0.777. The Hall–Kier alpha value is -2.62. The highest BCUT2D eigenvalue weighted by atomic mass is 15.4. The SMILES string of the molecule is Cc1ccc(C)c([C@@H]2C[C@@H](c3ccccc3)Nc3ncnn32)c1. The fourth-order valence-corrected chi connectivity index (χ4v) is 3.40. The molecule has 116 valence electrons. The molecule has 1 aromatic heterocycles. The van der Waals surface area contributed by atoms with E-state index in [1.54, 1.807) is 6.33 Å². The van der Waals surface area contributed by atoms with Crippen LogP contribution in [0.4, 0.5) is 5.95 Å². The van der Waals surface area contributed by atoms with Crippen LogP contribution in [0.25, 0.3) is 0 Å². The molecule has 0 spiro atoms. The second-order valence-electron chi connectivity index (χ2n) is 6.25. The summed E-state index contributed by atoms with van der Waals surface area (Å²) in [6.07, 6.45) is 2.60. The summed E-state index contributed by atoms with van der Waals surface area (Å²) in [6.45, 7) is 4.31. The zero-order valence-corrected chi connectivity index (χ0v) is 13.4. The third kappa shape index (κ3) is 2.50. The molecule has 2 aromatic carbocycles. The van der Waals surface area contributed by atoms with E-state index in [0.717, 1.165) is 12.4 Å². The van der Waals surface area contributed by atoms with Crippen LogP contribution in [0.3, 0.4) is 0 Å². The zero-order chi connectivity index (χ0) is 15.8. The molecule has 4 rings (SSSR count). The molecule has 2 heterocycles. The molecular formula is C19H20N4. The van der Waals surface area contributed by atoms with Crippen molar-refractivity contribution in [3.63, 3.8) is 0 Å². The summed E-state index contributed by atoms with van der Waals surface area (Å²) in [5, 5.41) is 7.97. The number of rotatable bonds is 2. The predicted octanol–water partition coefficient (Wildman–Crippen LogP) is 4.04. The van der Waals surface area contributed by atoms with E-state index in [1.165, 1.54) is 22.3 Å². The number of hydrogen-bond donors (Lipinski definition) is 1. The molecule has 0 saturated heterocycles. The lowest BCUT2D eigenvalue weighted by molar-refractivity contribution is 0.429. The Balaban J connectivity index is 1.78. The molecule has 0 radical (unpaired) electrons. The van der Waals surface area contributed by atoms with Crippen molar-refractivity contribution in [2.45, 2.75) is 32.4 Å². The van der Waals surface area contributed by atoms with Gasteiger partial charge in [-0.2, -0.15) is 10.1 Å². The van der Waals surface area contributed by atoms with Crippen LogP contribution in [-0.4, -0.2) is 14.8 Å². The summed E-state index contributed by atoms with van der Waals surface area (Å²) in [5.74, 6) is 0.844. The van der Waals surface area contributed by atoms with Gasteiger partial charge in [-0.1, -0.05) is 54.1 Å². The van der Waals surface area contributed by atoms with Gasteiger partial charge < -0.3 is 5.32 Å². The fourth-order valence-electron chi connectivity index (χ4n) is 3.40. The molecule has 0 bridgehead atoms. The molecule has 4 heteroatoms. The highest BCUT2D eigenvalue weighted by molar-refractivity contribution is 5.41. The van der Waals surface area contributed by atoms with Crippen molar-refractivity contribution in [2.24, 2.45) is 0 Å². The second-order valence-corrected chi connectivity index (χ2v) is 6.25. The summed E-state index contributed by atoms with van der Waals surface area (Å²) in [5.41, 5.74) is 5.20. The van der Waals surface area contributed by atoms with E-state index < -0.39 is 0 Å². The number of hydrogen-bond acceptors (Lipinski definition) is 3. The molecule has 3 aromatic rings. The number of aryl methyl sites for hydroxylation is 2. The normalized spacial score (nSPS) is 19.9. The molecule has 0 unspecified atom stereocenters. The van der Waals surface area contributed by atoms with Gasteiger partial charge in [0.25, 0.3) is 0 Å². The van der Waals surface area contributed by atoms with Gasteiger partial charge in [0.2, 0.25) is 5.95 Å². The molecule has 1 aliphatic heterocycles. The number of anilines is 1. The minimum absolute atomic E-state index is 0.207. The maximum Gasteiger partial charge on any atom is 0.222 e. The predicted molar refractivity (Wildman–Crippen MR) is 91.5 cm³/mol.